The van der Waals surface area contributed by atoms with Crippen LogP contribution in [0.4, 0.5) is 0 Å². The first-order valence-electron chi connectivity index (χ1n) is 15.5. The fourth-order valence-corrected chi connectivity index (χ4v) is 6.68. The molecule has 0 unspecified atom stereocenters. The predicted molar refractivity (Wildman–Crippen MR) is 192 cm³/mol. The number of benzene rings is 8. The van der Waals surface area contributed by atoms with Gasteiger partial charge in [-0.1, -0.05) is 158 Å². The van der Waals surface area contributed by atoms with E-state index in [-0.39, 0.29) is 0 Å². The first kappa shape index (κ1) is 26.2. The van der Waals surface area contributed by atoms with E-state index in [1.165, 1.54) is 37.9 Å². The number of fused-ring (bicyclic) bond motifs is 5. The van der Waals surface area contributed by atoms with E-state index in [0.29, 0.717) is 17.5 Å². The number of rotatable bonds is 4. The quantitative estimate of drug-likeness (QED) is 0.152. The minimum Gasteiger partial charge on any atom is -0.208 e. The predicted octanol–water partition coefficient (Wildman–Crippen LogP) is 11.2. The second-order valence-corrected chi connectivity index (χ2v) is 11.6. The highest BCUT2D eigenvalue weighted by atomic mass is 15.0. The van der Waals surface area contributed by atoms with E-state index in [0.717, 1.165) is 33.0 Å². The molecule has 1 aromatic heterocycles. The Morgan fingerprint density at radius 1 is 0.283 bits per heavy atom. The molecule has 9 aromatic rings. The van der Waals surface area contributed by atoms with Gasteiger partial charge in [-0.25, -0.2) is 15.0 Å². The highest BCUT2D eigenvalue weighted by molar-refractivity contribution is 6.20. The lowest BCUT2D eigenvalue weighted by atomic mass is 9.89. The van der Waals surface area contributed by atoms with Gasteiger partial charge in [0.15, 0.2) is 17.5 Å². The lowest BCUT2D eigenvalue weighted by Gasteiger charge is -2.14. The SMILES string of the molecule is c1ccc(-c2nc(-c3ccc(-c4c5ccccc5cc5c4ccc4ccccc45)cc3)nc(-c3cccc4ccccc34)n2)cc1. The average Bonchev–Trinajstić information content (AvgIpc) is 3.14. The molecule has 1 heterocycles. The monoisotopic (exact) mass is 585 g/mol. The molecule has 9 rings (SSSR count). The summed E-state index contributed by atoms with van der Waals surface area (Å²) in [6.45, 7) is 0. The Bertz CT molecular complexity index is 2570. The van der Waals surface area contributed by atoms with Crippen LogP contribution in [0.1, 0.15) is 0 Å². The van der Waals surface area contributed by atoms with Gasteiger partial charge < -0.3 is 0 Å². The van der Waals surface area contributed by atoms with Crippen LogP contribution in [0.5, 0.6) is 0 Å². The molecule has 0 saturated heterocycles. The second-order valence-electron chi connectivity index (χ2n) is 11.6. The van der Waals surface area contributed by atoms with Crippen LogP contribution >= 0.6 is 0 Å². The molecule has 0 aliphatic heterocycles. The van der Waals surface area contributed by atoms with Gasteiger partial charge in [0.05, 0.1) is 0 Å². The van der Waals surface area contributed by atoms with E-state index < -0.39 is 0 Å². The van der Waals surface area contributed by atoms with Crippen LogP contribution in [0.3, 0.4) is 0 Å². The van der Waals surface area contributed by atoms with Crippen molar-refractivity contribution < 1.29 is 0 Å². The fourth-order valence-electron chi connectivity index (χ4n) is 6.68. The van der Waals surface area contributed by atoms with Crippen molar-refractivity contribution >= 4 is 43.1 Å². The number of aromatic nitrogens is 3. The van der Waals surface area contributed by atoms with Crippen LogP contribution in [0, 0.1) is 0 Å². The number of hydrogen-bond donors (Lipinski definition) is 0. The summed E-state index contributed by atoms with van der Waals surface area (Å²) >= 11 is 0. The lowest BCUT2D eigenvalue weighted by Crippen LogP contribution is -2.00. The molecule has 3 nitrogen and oxygen atoms in total. The summed E-state index contributed by atoms with van der Waals surface area (Å²) in [5.74, 6) is 1.97. The first-order chi connectivity index (χ1) is 22.8. The maximum Gasteiger partial charge on any atom is 0.164 e. The first-order valence-corrected chi connectivity index (χ1v) is 15.5. The van der Waals surface area contributed by atoms with Crippen LogP contribution < -0.4 is 0 Å². The Morgan fingerprint density at radius 3 is 1.59 bits per heavy atom. The summed E-state index contributed by atoms with van der Waals surface area (Å²) in [5, 5.41) is 9.77. The van der Waals surface area contributed by atoms with E-state index in [1.54, 1.807) is 0 Å². The summed E-state index contributed by atoms with van der Waals surface area (Å²) < 4.78 is 0. The van der Waals surface area contributed by atoms with Crippen LogP contribution in [0.2, 0.25) is 0 Å². The molecule has 0 atom stereocenters. The van der Waals surface area contributed by atoms with Gasteiger partial charge in [-0.05, 0) is 60.3 Å². The molecule has 8 aromatic carbocycles. The van der Waals surface area contributed by atoms with Crippen molar-refractivity contribution in [2.45, 2.75) is 0 Å². The summed E-state index contributed by atoms with van der Waals surface area (Å²) in [7, 11) is 0. The molecule has 0 N–H and O–H groups in total. The Kier molecular flexibility index (Phi) is 6.14. The van der Waals surface area contributed by atoms with Gasteiger partial charge in [-0.15, -0.1) is 0 Å². The van der Waals surface area contributed by atoms with E-state index >= 15 is 0 Å². The van der Waals surface area contributed by atoms with Crippen molar-refractivity contribution in [3.8, 4) is 45.3 Å². The number of hydrogen-bond acceptors (Lipinski definition) is 3. The molecule has 0 aliphatic carbocycles. The largest absolute Gasteiger partial charge is 0.208 e. The molecular formula is C43H27N3. The Labute approximate surface area is 266 Å². The van der Waals surface area contributed by atoms with Crippen LogP contribution in [-0.4, -0.2) is 15.0 Å². The molecule has 0 fully saturated rings. The molecule has 0 saturated carbocycles. The number of nitrogens with zero attached hydrogens (tertiary/aromatic N) is 3. The average molecular weight is 586 g/mol. The zero-order chi connectivity index (χ0) is 30.5. The van der Waals surface area contributed by atoms with Gasteiger partial charge in [0.25, 0.3) is 0 Å². The van der Waals surface area contributed by atoms with Gasteiger partial charge in [-0.3, -0.25) is 0 Å². The standard InChI is InChI=1S/C43H27N3/c1-2-13-31(14-3-1)41-44-42(46-43(45-41)38-20-10-16-28-11-4-7-17-34(28)38)32-23-21-30(22-24-32)40-36-19-9-6-15-33(36)27-39-35-18-8-5-12-29(35)25-26-37(39)40/h1-27H. The van der Waals surface area contributed by atoms with Gasteiger partial charge >= 0.3 is 0 Å². The fraction of sp³-hybridized carbons (Fsp3) is 0. The van der Waals surface area contributed by atoms with Crippen molar-refractivity contribution in [3.05, 3.63) is 164 Å². The third kappa shape index (κ3) is 4.41. The van der Waals surface area contributed by atoms with Crippen molar-refractivity contribution in [2.75, 3.05) is 0 Å². The van der Waals surface area contributed by atoms with Crippen molar-refractivity contribution in [1.82, 2.24) is 15.0 Å². The van der Waals surface area contributed by atoms with Crippen LogP contribution in [0.15, 0.2) is 164 Å². The smallest absolute Gasteiger partial charge is 0.164 e. The third-order valence-corrected chi connectivity index (χ3v) is 8.90. The van der Waals surface area contributed by atoms with E-state index in [2.05, 4.69) is 133 Å². The maximum absolute atomic E-state index is 5.06. The summed E-state index contributed by atoms with van der Waals surface area (Å²) in [6, 6.07) is 57.6. The molecule has 0 radical (unpaired) electrons. The Balaban J connectivity index is 1.23. The van der Waals surface area contributed by atoms with Crippen molar-refractivity contribution in [1.29, 1.82) is 0 Å². The highest BCUT2D eigenvalue weighted by Crippen LogP contribution is 2.40. The second kappa shape index (κ2) is 10.8. The van der Waals surface area contributed by atoms with Crippen molar-refractivity contribution in [3.63, 3.8) is 0 Å². The molecule has 214 valence electrons. The highest BCUT2D eigenvalue weighted by Gasteiger charge is 2.16. The summed E-state index contributed by atoms with van der Waals surface area (Å²) in [6.07, 6.45) is 0. The van der Waals surface area contributed by atoms with E-state index in [9.17, 15) is 0 Å². The molecule has 3 heteroatoms. The molecular weight excluding hydrogens is 558 g/mol. The van der Waals surface area contributed by atoms with Gasteiger partial charge in [0.2, 0.25) is 0 Å². The summed E-state index contributed by atoms with van der Waals surface area (Å²) in [5.41, 5.74) is 5.29. The normalized spacial score (nSPS) is 11.5. The Hall–Kier alpha value is -6.19. The van der Waals surface area contributed by atoms with Gasteiger partial charge in [-0.2, -0.15) is 0 Å². The molecule has 0 amide bonds. The Morgan fingerprint density at radius 2 is 0.826 bits per heavy atom. The molecule has 0 bridgehead atoms. The third-order valence-electron chi connectivity index (χ3n) is 8.90. The minimum atomic E-state index is 0.650. The van der Waals surface area contributed by atoms with E-state index in [4.69, 9.17) is 15.0 Å². The lowest BCUT2D eigenvalue weighted by molar-refractivity contribution is 1.08. The molecule has 0 spiro atoms. The van der Waals surface area contributed by atoms with E-state index in [1.807, 2.05) is 30.3 Å². The van der Waals surface area contributed by atoms with Gasteiger partial charge in [0, 0.05) is 16.7 Å². The van der Waals surface area contributed by atoms with Crippen LogP contribution in [-0.2, 0) is 0 Å². The zero-order valence-electron chi connectivity index (χ0n) is 24.9. The van der Waals surface area contributed by atoms with Crippen molar-refractivity contribution in [2.24, 2.45) is 0 Å². The maximum atomic E-state index is 5.06. The van der Waals surface area contributed by atoms with Gasteiger partial charge in [0.1, 0.15) is 0 Å². The molecule has 46 heavy (non-hydrogen) atoms. The topological polar surface area (TPSA) is 38.7 Å². The minimum absolute atomic E-state index is 0.650. The van der Waals surface area contributed by atoms with Crippen LogP contribution in [0.25, 0.3) is 88.4 Å². The summed E-state index contributed by atoms with van der Waals surface area (Å²) in [4.78, 5) is 15.0. The molecule has 0 aliphatic rings. The zero-order valence-corrected chi connectivity index (χ0v) is 24.9.